The van der Waals surface area contributed by atoms with Crippen molar-refractivity contribution in [2.45, 2.75) is 43.0 Å². The van der Waals surface area contributed by atoms with Gasteiger partial charge in [0.05, 0.1) is 21.7 Å². The van der Waals surface area contributed by atoms with Gasteiger partial charge in [-0.3, -0.25) is 4.99 Å². The van der Waals surface area contributed by atoms with Crippen molar-refractivity contribution in [3.05, 3.63) is 29.3 Å². The fourth-order valence-corrected chi connectivity index (χ4v) is 5.66. The van der Waals surface area contributed by atoms with Gasteiger partial charge in [0.2, 0.25) is 10.0 Å². The molecule has 0 atom stereocenters. The molecule has 2 heterocycles. The van der Waals surface area contributed by atoms with E-state index in [0.717, 1.165) is 47.3 Å². The number of nitrogens with zero attached hydrogens (tertiary/aromatic N) is 2. The van der Waals surface area contributed by atoms with Crippen molar-refractivity contribution >= 4 is 43.4 Å². The Morgan fingerprint density at radius 1 is 1.21 bits per heavy atom. The number of hydrogen-bond acceptors (Lipinski definition) is 5. The predicted molar refractivity (Wildman–Crippen MR) is 98.2 cm³/mol. The second-order valence-corrected chi connectivity index (χ2v) is 8.98. The van der Waals surface area contributed by atoms with Crippen molar-refractivity contribution in [1.29, 1.82) is 0 Å². The summed E-state index contributed by atoms with van der Waals surface area (Å²) in [4.78, 5) is 9.16. The van der Waals surface area contributed by atoms with E-state index in [4.69, 9.17) is 0 Å². The van der Waals surface area contributed by atoms with Crippen LogP contribution in [-0.2, 0) is 10.0 Å². The van der Waals surface area contributed by atoms with Crippen LogP contribution in [0.2, 0.25) is 0 Å². The normalized spacial score (nSPS) is 19.1. The lowest BCUT2D eigenvalue weighted by atomic mass is 10.1. The molecule has 2 aliphatic rings. The van der Waals surface area contributed by atoms with Gasteiger partial charge in [0.25, 0.3) is 0 Å². The fraction of sp³-hybridized carbons (Fsp3) is 0.412. The quantitative estimate of drug-likeness (QED) is 0.907. The Balaban J connectivity index is 1.64. The number of hydrogen-bond donors (Lipinski definition) is 1. The van der Waals surface area contributed by atoms with E-state index in [2.05, 4.69) is 20.8 Å². The number of rotatable bonds is 4. The molecular formula is C17H19N3O2S2. The highest BCUT2D eigenvalue weighted by molar-refractivity contribution is 7.89. The average molecular weight is 361 g/mol. The van der Waals surface area contributed by atoms with Gasteiger partial charge in [-0.2, -0.15) is 0 Å². The maximum Gasteiger partial charge on any atom is 0.240 e. The smallest absolute Gasteiger partial charge is 0.240 e. The number of sulfonamides is 1. The van der Waals surface area contributed by atoms with Crippen LogP contribution in [0, 0.1) is 0 Å². The summed E-state index contributed by atoms with van der Waals surface area (Å²) >= 11 is 1.54. The minimum Gasteiger partial charge on any atom is -0.293 e. The molecule has 0 amide bonds. The molecule has 0 bridgehead atoms. The maximum atomic E-state index is 12.6. The molecule has 0 spiro atoms. The van der Waals surface area contributed by atoms with Crippen LogP contribution in [0.1, 0.15) is 37.1 Å². The van der Waals surface area contributed by atoms with E-state index < -0.39 is 10.0 Å². The second kappa shape index (κ2) is 6.38. The molecule has 24 heavy (non-hydrogen) atoms. The van der Waals surface area contributed by atoms with Gasteiger partial charge in [0.15, 0.2) is 0 Å². The summed E-state index contributed by atoms with van der Waals surface area (Å²) in [5, 5.41) is 0.953. The van der Waals surface area contributed by atoms with Gasteiger partial charge in [-0.25, -0.2) is 18.1 Å². The third kappa shape index (κ3) is 3.16. The minimum atomic E-state index is -3.46. The number of allylic oxidation sites excluding steroid dienone is 1. The highest BCUT2D eigenvalue weighted by Crippen LogP contribution is 2.31. The van der Waals surface area contributed by atoms with Gasteiger partial charge < -0.3 is 0 Å². The number of aromatic nitrogens is 1. The zero-order chi connectivity index (χ0) is 16.6. The van der Waals surface area contributed by atoms with E-state index >= 15 is 0 Å². The highest BCUT2D eigenvalue weighted by atomic mass is 32.2. The number of thiazole rings is 1. The molecule has 2 aromatic rings. The van der Waals surface area contributed by atoms with Gasteiger partial charge in [-0.1, -0.05) is 18.9 Å². The Kier molecular flexibility index (Phi) is 4.24. The van der Waals surface area contributed by atoms with Crippen LogP contribution in [0.5, 0.6) is 0 Å². The Hall–Kier alpha value is -1.57. The molecule has 1 saturated carbocycles. The van der Waals surface area contributed by atoms with Crippen LogP contribution in [0.15, 0.2) is 34.2 Å². The lowest BCUT2D eigenvalue weighted by Crippen LogP contribution is -2.32. The molecule has 5 nitrogen and oxygen atoms in total. The molecule has 0 radical (unpaired) electrons. The first-order valence-corrected chi connectivity index (χ1v) is 10.5. The number of fused-ring (bicyclic) bond motifs is 1. The molecule has 1 N–H and O–H groups in total. The van der Waals surface area contributed by atoms with E-state index in [1.807, 2.05) is 6.21 Å². The third-order valence-corrected chi connectivity index (χ3v) is 7.12. The van der Waals surface area contributed by atoms with Crippen LogP contribution in [0.4, 0.5) is 0 Å². The molecule has 1 aliphatic carbocycles. The van der Waals surface area contributed by atoms with E-state index in [-0.39, 0.29) is 6.04 Å². The fourth-order valence-electron chi connectivity index (χ4n) is 3.20. The molecule has 1 aromatic carbocycles. The van der Waals surface area contributed by atoms with Crippen LogP contribution >= 0.6 is 11.3 Å². The summed E-state index contributed by atoms with van der Waals surface area (Å²) in [6.45, 7) is 0.691. The monoisotopic (exact) mass is 361 g/mol. The first kappa shape index (κ1) is 15.9. The molecule has 1 fully saturated rings. The Morgan fingerprint density at radius 2 is 2.04 bits per heavy atom. The number of dihydropyridines is 1. The topological polar surface area (TPSA) is 71.4 Å². The summed E-state index contributed by atoms with van der Waals surface area (Å²) in [5.74, 6) is 0. The van der Waals surface area contributed by atoms with Gasteiger partial charge >= 0.3 is 0 Å². The Morgan fingerprint density at radius 3 is 2.79 bits per heavy atom. The van der Waals surface area contributed by atoms with Crippen molar-refractivity contribution in [2.24, 2.45) is 4.99 Å². The van der Waals surface area contributed by atoms with Gasteiger partial charge in [0.1, 0.15) is 5.01 Å². The summed E-state index contributed by atoms with van der Waals surface area (Å²) in [5.41, 5.74) is 2.01. The molecule has 4 rings (SSSR count). The highest BCUT2D eigenvalue weighted by Gasteiger charge is 2.23. The SMILES string of the molecule is O=S(=O)(NC1CCCC1)c1ccc2nc(C3=CCN=CC3)sc2c1. The van der Waals surface area contributed by atoms with Crippen LogP contribution in [-0.4, -0.2) is 32.2 Å². The van der Waals surface area contributed by atoms with E-state index in [0.29, 0.717) is 11.4 Å². The van der Waals surface area contributed by atoms with Crippen molar-refractivity contribution in [3.63, 3.8) is 0 Å². The van der Waals surface area contributed by atoms with Crippen LogP contribution in [0.3, 0.4) is 0 Å². The number of aliphatic imine (C=N–C) groups is 1. The van der Waals surface area contributed by atoms with Crippen molar-refractivity contribution < 1.29 is 8.42 Å². The molecular weight excluding hydrogens is 342 g/mol. The van der Waals surface area contributed by atoms with E-state index in [1.54, 1.807) is 29.5 Å². The van der Waals surface area contributed by atoms with Gasteiger partial charge in [-0.15, -0.1) is 11.3 Å². The number of nitrogens with one attached hydrogen (secondary N) is 1. The van der Waals surface area contributed by atoms with Gasteiger partial charge in [-0.05, 0) is 36.6 Å². The van der Waals surface area contributed by atoms with Crippen molar-refractivity contribution in [2.75, 3.05) is 6.54 Å². The van der Waals surface area contributed by atoms with Crippen molar-refractivity contribution in [1.82, 2.24) is 9.71 Å². The summed E-state index contributed by atoms with van der Waals surface area (Å²) in [6.07, 6.45) is 8.84. The number of benzene rings is 1. The van der Waals surface area contributed by atoms with E-state index in [1.165, 1.54) is 5.57 Å². The molecule has 1 aliphatic heterocycles. The standard InChI is InChI=1S/C17H19N3O2S2/c21-24(22,20-13-3-1-2-4-13)14-5-6-15-16(11-14)23-17(19-15)12-7-9-18-10-8-12/h5-7,10-11,13,20H,1-4,8-9H2. The Bertz CT molecular complexity index is 922. The van der Waals surface area contributed by atoms with Crippen molar-refractivity contribution in [3.8, 4) is 0 Å². The van der Waals surface area contributed by atoms with Gasteiger partial charge in [0, 0.05) is 18.7 Å². The zero-order valence-electron chi connectivity index (χ0n) is 13.2. The first-order valence-electron chi connectivity index (χ1n) is 8.22. The van der Waals surface area contributed by atoms with E-state index in [9.17, 15) is 8.42 Å². The molecule has 7 heteroatoms. The van der Waals surface area contributed by atoms with Crippen LogP contribution in [0.25, 0.3) is 15.8 Å². The summed E-state index contributed by atoms with van der Waals surface area (Å²) in [7, 11) is -3.46. The lowest BCUT2D eigenvalue weighted by Gasteiger charge is -2.12. The molecule has 0 unspecified atom stereocenters. The predicted octanol–water partition coefficient (Wildman–Crippen LogP) is 3.38. The maximum absolute atomic E-state index is 12.6. The largest absolute Gasteiger partial charge is 0.293 e. The second-order valence-electron chi connectivity index (χ2n) is 6.23. The summed E-state index contributed by atoms with van der Waals surface area (Å²) < 4.78 is 28.9. The zero-order valence-corrected chi connectivity index (χ0v) is 14.9. The lowest BCUT2D eigenvalue weighted by molar-refractivity contribution is 0.552. The third-order valence-electron chi connectivity index (χ3n) is 4.51. The average Bonchev–Trinajstić information content (AvgIpc) is 3.23. The summed E-state index contributed by atoms with van der Waals surface area (Å²) in [6, 6.07) is 5.27. The molecule has 126 valence electrons. The molecule has 1 aromatic heterocycles. The molecule has 0 saturated heterocycles. The Labute approximate surface area is 145 Å². The van der Waals surface area contributed by atoms with Crippen LogP contribution < -0.4 is 4.72 Å². The first-order chi connectivity index (χ1) is 11.6. The minimum absolute atomic E-state index is 0.0781.